The Balaban J connectivity index is 2.22. The van der Waals surface area contributed by atoms with Crippen molar-refractivity contribution in [1.82, 2.24) is 9.97 Å². The minimum absolute atomic E-state index is 0.480. The molecule has 0 saturated carbocycles. The maximum absolute atomic E-state index is 10.9. The van der Waals surface area contributed by atoms with Gasteiger partial charge in [-0.25, -0.2) is 14.8 Å². The molecule has 5 nitrogen and oxygen atoms in total. The van der Waals surface area contributed by atoms with Crippen LogP contribution in [0.15, 0.2) is 16.9 Å². The van der Waals surface area contributed by atoms with Crippen LogP contribution in [0.25, 0.3) is 0 Å². The van der Waals surface area contributed by atoms with Crippen LogP contribution in [0.1, 0.15) is 12.8 Å². The Kier molecular flexibility index (Phi) is 2.86. The molecule has 1 aromatic heterocycles. The molecular formula is C9H10BrN3O2. The average Bonchev–Trinajstić information content (AvgIpc) is 2.67. The molecule has 0 unspecified atom stereocenters. The third-order valence-electron chi connectivity index (χ3n) is 2.40. The number of aromatic nitrogens is 2. The minimum Gasteiger partial charge on any atom is -0.480 e. The van der Waals surface area contributed by atoms with Gasteiger partial charge in [-0.1, -0.05) is 0 Å². The first-order valence-corrected chi connectivity index (χ1v) is 5.45. The Hall–Kier alpha value is -1.17. The summed E-state index contributed by atoms with van der Waals surface area (Å²) in [6.45, 7) is 0.707. The quantitative estimate of drug-likeness (QED) is 0.878. The van der Waals surface area contributed by atoms with E-state index in [-0.39, 0.29) is 0 Å². The Bertz CT molecular complexity index is 368. The van der Waals surface area contributed by atoms with Crippen LogP contribution in [-0.2, 0) is 4.79 Å². The van der Waals surface area contributed by atoms with Crippen molar-refractivity contribution in [3.63, 3.8) is 0 Å². The van der Waals surface area contributed by atoms with Gasteiger partial charge in [0.05, 0.1) is 4.47 Å². The van der Waals surface area contributed by atoms with E-state index in [4.69, 9.17) is 5.11 Å². The van der Waals surface area contributed by atoms with Gasteiger partial charge in [-0.3, -0.25) is 0 Å². The number of carboxylic acid groups (broad SMARTS) is 1. The van der Waals surface area contributed by atoms with Gasteiger partial charge in [0.15, 0.2) is 0 Å². The number of aliphatic carboxylic acids is 1. The molecule has 1 fully saturated rings. The highest BCUT2D eigenvalue weighted by Gasteiger charge is 2.31. The molecular weight excluding hydrogens is 262 g/mol. The molecule has 2 rings (SSSR count). The summed E-state index contributed by atoms with van der Waals surface area (Å²) in [5.41, 5.74) is 0. The molecule has 0 amide bonds. The zero-order valence-electron chi connectivity index (χ0n) is 7.93. The summed E-state index contributed by atoms with van der Waals surface area (Å²) >= 11 is 3.24. The summed E-state index contributed by atoms with van der Waals surface area (Å²) in [6.07, 6.45) is 4.78. The molecule has 0 aliphatic carbocycles. The van der Waals surface area contributed by atoms with Crippen LogP contribution in [0.2, 0.25) is 0 Å². The number of carboxylic acids is 1. The van der Waals surface area contributed by atoms with E-state index in [0.717, 1.165) is 10.9 Å². The predicted octanol–water partition coefficient (Wildman–Crippen LogP) is 1.29. The number of anilines is 1. The van der Waals surface area contributed by atoms with Crippen LogP contribution in [0.5, 0.6) is 0 Å². The average molecular weight is 272 g/mol. The standard InChI is InChI=1S/C9H10BrN3O2/c10-6-4-11-9(12-5-6)13-3-1-2-7(13)8(14)15/h4-5,7H,1-3H2,(H,14,15)/t7-/m1/s1. The fourth-order valence-electron chi connectivity index (χ4n) is 1.72. The van der Waals surface area contributed by atoms with Crippen LogP contribution in [0.4, 0.5) is 5.95 Å². The summed E-state index contributed by atoms with van der Waals surface area (Å²) < 4.78 is 0.789. The van der Waals surface area contributed by atoms with E-state index < -0.39 is 12.0 Å². The van der Waals surface area contributed by atoms with E-state index in [0.29, 0.717) is 18.9 Å². The van der Waals surface area contributed by atoms with Crippen molar-refractivity contribution >= 4 is 27.8 Å². The maximum atomic E-state index is 10.9. The van der Waals surface area contributed by atoms with Gasteiger partial charge in [-0.2, -0.15) is 0 Å². The molecule has 1 aliphatic heterocycles. The van der Waals surface area contributed by atoms with E-state index in [1.54, 1.807) is 17.3 Å². The van der Waals surface area contributed by atoms with Crippen LogP contribution in [0, 0.1) is 0 Å². The Labute approximate surface area is 95.3 Å². The Morgan fingerprint density at radius 2 is 2.20 bits per heavy atom. The van der Waals surface area contributed by atoms with Gasteiger partial charge in [0.25, 0.3) is 0 Å². The van der Waals surface area contributed by atoms with Crippen molar-refractivity contribution < 1.29 is 9.90 Å². The molecule has 1 saturated heterocycles. The smallest absolute Gasteiger partial charge is 0.326 e. The van der Waals surface area contributed by atoms with Gasteiger partial charge in [-0.15, -0.1) is 0 Å². The zero-order valence-corrected chi connectivity index (χ0v) is 9.51. The number of rotatable bonds is 2. The summed E-state index contributed by atoms with van der Waals surface area (Å²) in [5, 5.41) is 8.99. The molecule has 6 heteroatoms. The molecule has 80 valence electrons. The van der Waals surface area contributed by atoms with Gasteiger partial charge < -0.3 is 10.0 Å². The van der Waals surface area contributed by atoms with Gasteiger partial charge in [0.1, 0.15) is 6.04 Å². The van der Waals surface area contributed by atoms with Gasteiger partial charge in [-0.05, 0) is 28.8 Å². The first-order valence-electron chi connectivity index (χ1n) is 4.65. The third-order valence-corrected chi connectivity index (χ3v) is 2.81. The molecule has 1 aromatic rings. The first kappa shape index (κ1) is 10.4. The summed E-state index contributed by atoms with van der Waals surface area (Å²) in [7, 11) is 0. The third kappa shape index (κ3) is 2.09. The Morgan fingerprint density at radius 3 is 2.80 bits per heavy atom. The second-order valence-electron chi connectivity index (χ2n) is 3.39. The number of halogens is 1. The molecule has 15 heavy (non-hydrogen) atoms. The van der Waals surface area contributed by atoms with Gasteiger partial charge >= 0.3 is 5.97 Å². The lowest BCUT2D eigenvalue weighted by atomic mass is 10.2. The molecule has 0 spiro atoms. The molecule has 0 radical (unpaired) electrons. The number of hydrogen-bond donors (Lipinski definition) is 1. The van der Waals surface area contributed by atoms with E-state index >= 15 is 0 Å². The highest BCUT2D eigenvalue weighted by molar-refractivity contribution is 9.10. The van der Waals surface area contributed by atoms with E-state index in [1.807, 2.05) is 0 Å². The number of hydrogen-bond acceptors (Lipinski definition) is 4. The monoisotopic (exact) mass is 271 g/mol. The SMILES string of the molecule is O=C(O)[C@H]1CCCN1c1ncc(Br)cn1. The van der Waals surface area contributed by atoms with Crippen LogP contribution < -0.4 is 4.90 Å². The second kappa shape index (κ2) is 4.14. The fourth-order valence-corrected chi connectivity index (χ4v) is 1.92. The topological polar surface area (TPSA) is 66.3 Å². The molecule has 1 atom stereocenters. The lowest BCUT2D eigenvalue weighted by Crippen LogP contribution is -2.36. The van der Waals surface area contributed by atoms with E-state index in [9.17, 15) is 4.79 Å². The van der Waals surface area contributed by atoms with E-state index in [1.165, 1.54) is 0 Å². The molecule has 0 bridgehead atoms. The van der Waals surface area contributed by atoms with Crippen molar-refractivity contribution in [2.45, 2.75) is 18.9 Å². The Morgan fingerprint density at radius 1 is 1.53 bits per heavy atom. The fraction of sp³-hybridized carbons (Fsp3) is 0.444. The highest BCUT2D eigenvalue weighted by atomic mass is 79.9. The summed E-state index contributed by atoms with van der Waals surface area (Å²) in [6, 6.07) is -0.480. The van der Waals surface area contributed by atoms with Crippen molar-refractivity contribution in [1.29, 1.82) is 0 Å². The summed E-state index contributed by atoms with van der Waals surface area (Å²) in [4.78, 5) is 20.9. The zero-order chi connectivity index (χ0) is 10.8. The second-order valence-corrected chi connectivity index (χ2v) is 4.31. The van der Waals surface area contributed by atoms with Gasteiger partial charge in [0, 0.05) is 18.9 Å². The number of nitrogens with zero attached hydrogens (tertiary/aromatic N) is 3. The van der Waals surface area contributed by atoms with Crippen molar-refractivity contribution in [3.05, 3.63) is 16.9 Å². The molecule has 1 aliphatic rings. The molecule has 2 heterocycles. The van der Waals surface area contributed by atoms with Crippen molar-refractivity contribution in [2.24, 2.45) is 0 Å². The lowest BCUT2D eigenvalue weighted by Gasteiger charge is -2.20. The first-order chi connectivity index (χ1) is 7.18. The normalized spacial score (nSPS) is 20.6. The lowest BCUT2D eigenvalue weighted by molar-refractivity contribution is -0.138. The van der Waals surface area contributed by atoms with Crippen LogP contribution in [-0.4, -0.2) is 33.6 Å². The van der Waals surface area contributed by atoms with E-state index in [2.05, 4.69) is 25.9 Å². The van der Waals surface area contributed by atoms with Crippen molar-refractivity contribution in [3.8, 4) is 0 Å². The van der Waals surface area contributed by atoms with Crippen LogP contribution in [0.3, 0.4) is 0 Å². The van der Waals surface area contributed by atoms with Crippen LogP contribution >= 0.6 is 15.9 Å². The number of carbonyl (C=O) groups is 1. The van der Waals surface area contributed by atoms with Crippen molar-refractivity contribution in [2.75, 3.05) is 11.4 Å². The molecule has 1 N–H and O–H groups in total. The maximum Gasteiger partial charge on any atom is 0.326 e. The molecule has 0 aromatic carbocycles. The highest BCUT2D eigenvalue weighted by Crippen LogP contribution is 2.22. The van der Waals surface area contributed by atoms with Gasteiger partial charge in [0.2, 0.25) is 5.95 Å². The largest absolute Gasteiger partial charge is 0.480 e. The predicted molar refractivity (Wildman–Crippen MR) is 57.7 cm³/mol. The summed E-state index contributed by atoms with van der Waals surface area (Å²) in [5.74, 6) is -0.317. The minimum atomic E-state index is -0.806.